The lowest BCUT2D eigenvalue weighted by Crippen LogP contribution is -2.43. The number of carbonyl (C=O) groups excluding carboxylic acids is 1. The maximum absolute atomic E-state index is 13.1. The Morgan fingerprint density at radius 2 is 1.96 bits per heavy atom. The van der Waals surface area contributed by atoms with Gasteiger partial charge in [0.25, 0.3) is 0 Å². The van der Waals surface area contributed by atoms with Crippen LogP contribution in [-0.4, -0.2) is 26.3 Å². The quantitative estimate of drug-likeness (QED) is 0.707. The molecule has 0 N–H and O–H groups in total. The summed E-state index contributed by atoms with van der Waals surface area (Å²) in [5, 5.41) is 0. The van der Waals surface area contributed by atoms with Crippen molar-refractivity contribution in [2.75, 3.05) is 14.2 Å². The highest BCUT2D eigenvalue weighted by Gasteiger charge is 2.41. The van der Waals surface area contributed by atoms with Crippen molar-refractivity contribution in [3.63, 3.8) is 0 Å². The maximum Gasteiger partial charge on any atom is 0.343 e. The zero-order chi connectivity index (χ0) is 18.6. The summed E-state index contributed by atoms with van der Waals surface area (Å²) in [6.07, 6.45) is 3.19. The minimum absolute atomic E-state index is 0.0451. The van der Waals surface area contributed by atoms with Crippen LogP contribution in [0.15, 0.2) is 24.3 Å². The number of carbonyl (C=O) groups is 1. The van der Waals surface area contributed by atoms with Crippen LogP contribution in [-0.2, 0) is 19.9 Å². The molecule has 0 amide bonds. The summed E-state index contributed by atoms with van der Waals surface area (Å²) >= 11 is 0. The van der Waals surface area contributed by atoms with Crippen LogP contribution in [0, 0.1) is 17.8 Å². The van der Waals surface area contributed by atoms with Crippen LogP contribution in [0.5, 0.6) is 5.75 Å². The lowest BCUT2D eigenvalue weighted by Gasteiger charge is -2.38. The van der Waals surface area contributed by atoms with E-state index in [0.717, 1.165) is 18.4 Å². The minimum atomic E-state index is -1.14. The number of rotatable bonds is 6. The summed E-state index contributed by atoms with van der Waals surface area (Å²) in [6.45, 7) is 8.41. The van der Waals surface area contributed by atoms with Gasteiger partial charge in [-0.05, 0) is 55.2 Å². The van der Waals surface area contributed by atoms with Crippen molar-refractivity contribution < 1.29 is 19.0 Å². The molecule has 4 atom stereocenters. The van der Waals surface area contributed by atoms with E-state index in [9.17, 15) is 4.79 Å². The fourth-order valence-electron chi connectivity index (χ4n) is 3.74. The van der Waals surface area contributed by atoms with E-state index >= 15 is 0 Å². The molecule has 4 nitrogen and oxygen atoms in total. The molecule has 1 unspecified atom stereocenters. The zero-order valence-corrected chi connectivity index (χ0v) is 16.4. The summed E-state index contributed by atoms with van der Waals surface area (Å²) in [7, 11) is 3.16. The Hall–Kier alpha value is -1.55. The predicted molar refractivity (Wildman–Crippen MR) is 98.6 cm³/mol. The third-order valence-corrected chi connectivity index (χ3v) is 5.64. The highest BCUT2D eigenvalue weighted by atomic mass is 16.6. The number of hydrogen-bond donors (Lipinski definition) is 0. The van der Waals surface area contributed by atoms with E-state index in [1.54, 1.807) is 21.1 Å². The Morgan fingerprint density at radius 1 is 1.24 bits per heavy atom. The number of hydrogen-bond acceptors (Lipinski definition) is 4. The van der Waals surface area contributed by atoms with Gasteiger partial charge in [0, 0.05) is 7.11 Å². The van der Waals surface area contributed by atoms with Gasteiger partial charge in [-0.15, -0.1) is 0 Å². The lowest BCUT2D eigenvalue weighted by atomic mass is 9.75. The molecule has 0 aromatic heterocycles. The Labute approximate surface area is 151 Å². The van der Waals surface area contributed by atoms with Gasteiger partial charge < -0.3 is 14.2 Å². The third-order valence-electron chi connectivity index (χ3n) is 5.64. The van der Waals surface area contributed by atoms with Gasteiger partial charge in [0.15, 0.2) is 5.60 Å². The minimum Gasteiger partial charge on any atom is -0.497 e. The summed E-state index contributed by atoms with van der Waals surface area (Å²) in [5.74, 6) is 1.86. The first-order valence-corrected chi connectivity index (χ1v) is 9.22. The average Bonchev–Trinajstić information content (AvgIpc) is 2.60. The van der Waals surface area contributed by atoms with Gasteiger partial charge in [0.05, 0.1) is 7.11 Å². The molecule has 1 aliphatic rings. The van der Waals surface area contributed by atoms with Crippen molar-refractivity contribution in [2.45, 2.75) is 58.7 Å². The molecule has 1 fully saturated rings. The number of methoxy groups -OCH3 is 2. The Balaban J connectivity index is 2.22. The van der Waals surface area contributed by atoms with Crippen LogP contribution in [0.4, 0.5) is 0 Å². The number of esters is 1. The number of ether oxygens (including phenoxy) is 3. The molecule has 0 aliphatic heterocycles. The predicted octanol–water partition coefficient (Wildman–Crippen LogP) is 4.56. The van der Waals surface area contributed by atoms with Crippen LogP contribution in [0.1, 0.15) is 52.5 Å². The molecule has 25 heavy (non-hydrogen) atoms. The molecule has 0 bridgehead atoms. The zero-order valence-electron chi connectivity index (χ0n) is 16.4. The molecule has 1 aliphatic carbocycles. The average molecular weight is 348 g/mol. The number of benzene rings is 1. The molecule has 0 spiro atoms. The van der Waals surface area contributed by atoms with Gasteiger partial charge in [0.2, 0.25) is 0 Å². The highest BCUT2D eigenvalue weighted by Crippen LogP contribution is 2.37. The van der Waals surface area contributed by atoms with E-state index in [1.165, 1.54) is 6.42 Å². The van der Waals surface area contributed by atoms with E-state index in [1.807, 2.05) is 24.3 Å². The van der Waals surface area contributed by atoms with E-state index in [-0.39, 0.29) is 12.1 Å². The van der Waals surface area contributed by atoms with Crippen LogP contribution in [0.2, 0.25) is 0 Å². The van der Waals surface area contributed by atoms with Gasteiger partial charge in [-0.3, -0.25) is 0 Å². The first-order valence-electron chi connectivity index (χ1n) is 9.22. The topological polar surface area (TPSA) is 44.8 Å². The standard InChI is InChI=1S/C21H32O4/c1-14(2)18-11-10-15(3)12-19(18)25-20(22)21(4,24-6)16-8-7-9-17(13-16)23-5/h7-9,13-15,18-19H,10-12H2,1-6H3/t15-,18+,19-,21?/m1/s1. The largest absolute Gasteiger partial charge is 0.497 e. The van der Waals surface area contributed by atoms with Gasteiger partial charge in [-0.2, -0.15) is 0 Å². The van der Waals surface area contributed by atoms with Crippen LogP contribution in [0.3, 0.4) is 0 Å². The van der Waals surface area contributed by atoms with E-state index in [0.29, 0.717) is 23.5 Å². The van der Waals surface area contributed by atoms with Crippen molar-refractivity contribution in [2.24, 2.45) is 17.8 Å². The molecular formula is C21H32O4. The fraction of sp³-hybridized carbons (Fsp3) is 0.667. The van der Waals surface area contributed by atoms with Crippen LogP contribution in [0.25, 0.3) is 0 Å². The van der Waals surface area contributed by atoms with Crippen molar-refractivity contribution in [3.05, 3.63) is 29.8 Å². The van der Waals surface area contributed by atoms with E-state index in [2.05, 4.69) is 20.8 Å². The first-order chi connectivity index (χ1) is 11.8. The van der Waals surface area contributed by atoms with E-state index < -0.39 is 5.60 Å². The van der Waals surface area contributed by atoms with Crippen molar-refractivity contribution in [1.82, 2.24) is 0 Å². The lowest BCUT2D eigenvalue weighted by molar-refractivity contribution is -0.180. The maximum atomic E-state index is 13.1. The highest BCUT2D eigenvalue weighted by molar-refractivity contribution is 5.81. The van der Waals surface area contributed by atoms with Crippen molar-refractivity contribution >= 4 is 5.97 Å². The first kappa shape index (κ1) is 19.8. The Morgan fingerprint density at radius 3 is 2.56 bits per heavy atom. The third kappa shape index (κ3) is 4.35. The molecule has 1 aromatic carbocycles. The SMILES string of the molecule is COc1cccc(C(C)(OC)C(=O)O[C@@H]2C[C@H](C)CC[C@H]2C(C)C)c1. The molecule has 2 rings (SSSR count). The Kier molecular flexibility index (Phi) is 6.50. The molecule has 1 saturated carbocycles. The van der Waals surface area contributed by atoms with Gasteiger partial charge in [-0.25, -0.2) is 4.79 Å². The molecular weight excluding hydrogens is 316 g/mol. The molecule has 0 radical (unpaired) electrons. The van der Waals surface area contributed by atoms with Crippen molar-refractivity contribution in [1.29, 1.82) is 0 Å². The molecule has 1 aromatic rings. The van der Waals surface area contributed by atoms with Gasteiger partial charge in [-0.1, -0.05) is 39.3 Å². The van der Waals surface area contributed by atoms with Crippen LogP contribution >= 0.6 is 0 Å². The summed E-state index contributed by atoms with van der Waals surface area (Å²) < 4.78 is 16.9. The second-order valence-electron chi connectivity index (χ2n) is 7.74. The summed E-state index contributed by atoms with van der Waals surface area (Å²) in [6, 6.07) is 7.41. The van der Waals surface area contributed by atoms with E-state index in [4.69, 9.17) is 14.2 Å². The molecule has 140 valence electrons. The van der Waals surface area contributed by atoms with Crippen LogP contribution < -0.4 is 4.74 Å². The monoisotopic (exact) mass is 348 g/mol. The second kappa shape index (κ2) is 8.22. The van der Waals surface area contributed by atoms with Crippen molar-refractivity contribution in [3.8, 4) is 5.75 Å². The van der Waals surface area contributed by atoms with Gasteiger partial charge in [0.1, 0.15) is 11.9 Å². The molecule has 0 heterocycles. The molecule has 0 saturated heterocycles. The smallest absolute Gasteiger partial charge is 0.343 e. The molecule has 4 heteroatoms. The fourth-order valence-corrected chi connectivity index (χ4v) is 3.74. The normalized spacial score (nSPS) is 26.1. The summed E-state index contributed by atoms with van der Waals surface area (Å²) in [4.78, 5) is 13.1. The Bertz CT molecular complexity index is 583. The van der Waals surface area contributed by atoms with Gasteiger partial charge >= 0.3 is 5.97 Å². The second-order valence-corrected chi connectivity index (χ2v) is 7.74. The summed E-state index contributed by atoms with van der Waals surface area (Å²) in [5.41, 5.74) is -0.402.